The summed E-state index contributed by atoms with van der Waals surface area (Å²) in [6.45, 7) is 0. The highest BCUT2D eigenvalue weighted by Gasteiger charge is 2.21. The first-order chi connectivity index (χ1) is 12.5. The number of anilines is 1. The van der Waals surface area contributed by atoms with E-state index in [4.69, 9.17) is 0 Å². The van der Waals surface area contributed by atoms with Gasteiger partial charge in [-0.1, -0.05) is 60.7 Å². The Bertz CT molecular complexity index is 1030. The van der Waals surface area contributed by atoms with Crippen LogP contribution in [0, 0.1) is 5.82 Å². The number of para-hydroxylation sites is 1. The second kappa shape index (κ2) is 7.49. The Morgan fingerprint density at radius 1 is 0.846 bits per heavy atom. The Morgan fingerprint density at radius 2 is 1.46 bits per heavy atom. The van der Waals surface area contributed by atoms with Gasteiger partial charge in [-0.3, -0.25) is 9.52 Å². The lowest BCUT2D eigenvalue weighted by Gasteiger charge is -2.12. The lowest BCUT2D eigenvalue weighted by molar-refractivity contribution is 0.0992. The number of carbonyl (C=O) groups excluding carboxylic acids is 1. The summed E-state index contributed by atoms with van der Waals surface area (Å²) < 4.78 is 41.4. The maximum atomic E-state index is 13.8. The van der Waals surface area contributed by atoms with E-state index in [2.05, 4.69) is 4.72 Å². The van der Waals surface area contributed by atoms with Gasteiger partial charge >= 0.3 is 0 Å². The molecular weight excluding hydrogens is 353 g/mol. The number of carbonyl (C=O) groups is 1. The maximum absolute atomic E-state index is 13.8. The molecule has 0 fully saturated rings. The number of halogens is 1. The van der Waals surface area contributed by atoms with Gasteiger partial charge in [0.2, 0.25) is 0 Å². The first-order valence-corrected chi connectivity index (χ1v) is 9.39. The average Bonchev–Trinajstić information content (AvgIpc) is 2.64. The van der Waals surface area contributed by atoms with Crippen molar-refractivity contribution in [2.24, 2.45) is 0 Å². The first-order valence-electron chi connectivity index (χ1n) is 7.91. The van der Waals surface area contributed by atoms with Gasteiger partial charge in [0.05, 0.1) is 10.6 Å². The SMILES string of the molecule is O=C(Cc1ccccc1S(=O)(=O)Nc1ccccc1F)c1ccccc1. The molecule has 3 aromatic rings. The fraction of sp³-hybridized carbons (Fsp3) is 0.0500. The molecule has 26 heavy (non-hydrogen) atoms. The van der Waals surface area contributed by atoms with Gasteiger partial charge in [-0.25, -0.2) is 12.8 Å². The van der Waals surface area contributed by atoms with Crippen LogP contribution in [-0.4, -0.2) is 14.2 Å². The fourth-order valence-electron chi connectivity index (χ4n) is 2.55. The number of hydrogen-bond acceptors (Lipinski definition) is 3. The number of Topliss-reactive ketones (excluding diaryl/α,β-unsaturated/α-hetero) is 1. The monoisotopic (exact) mass is 369 g/mol. The Kier molecular flexibility index (Phi) is 5.14. The van der Waals surface area contributed by atoms with Crippen LogP contribution in [0.1, 0.15) is 15.9 Å². The molecule has 6 heteroatoms. The first kappa shape index (κ1) is 17.8. The number of sulfonamides is 1. The zero-order valence-electron chi connectivity index (χ0n) is 13.7. The van der Waals surface area contributed by atoms with Crippen molar-refractivity contribution in [3.8, 4) is 0 Å². The van der Waals surface area contributed by atoms with Crippen molar-refractivity contribution in [2.75, 3.05) is 4.72 Å². The summed E-state index contributed by atoms with van der Waals surface area (Å²) in [4.78, 5) is 12.4. The third-order valence-corrected chi connectivity index (χ3v) is 5.29. The molecule has 0 saturated heterocycles. The van der Waals surface area contributed by atoms with Crippen LogP contribution < -0.4 is 4.72 Å². The van der Waals surface area contributed by atoms with E-state index in [0.29, 0.717) is 11.1 Å². The number of hydrogen-bond donors (Lipinski definition) is 1. The van der Waals surface area contributed by atoms with Crippen molar-refractivity contribution in [2.45, 2.75) is 11.3 Å². The van der Waals surface area contributed by atoms with E-state index < -0.39 is 15.8 Å². The van der Waals surface area contributed by atoms with E-state index in [9.17, 15) is 17.6 Å². The predicted molar refractivity (Wildman–Crippen MR) is 98.1 cm³/mol. The number of ketones is 1. The molecule has 0 spiro atoms. The normalized spacial score (nSPS) is 11.1. The molecule has 0 unspecified atom stereocenters. The average molecular weight is 369 g/mol. The van der Waals surface area contributed by atoms with Crippen LogP contribution in [0.4, 0.5) is 10.1 Å². The van der Waals surface area contributed by atoms with E-state index >= 15 is 0 Å². The second-order valence-electron chi connectivity index (χ2n) is 5.66. The molecule has 0 radical (unpaired) electrons. The van der Waals surface area contributed by atoms with E-state index in [1.807, 2.05) is 0 Å². The highest BCUT2D eigenvalue weighted by Crippen LogP contribution is 2.22. The Labute approximate surface area is 151 Å². The van der Waals surface area contributed by atoms with Crippen LogP contribution in [0.2, 0.25) is 0 Å². The van der Waals surface area contributed by atoms with Crippen molar-refractivity contribution in [3.63, 3.8) is 0 Å². The lowest BCUT2D eigenvalue weighted by atomic mass is 10.0. The highest BCUT2D eigenvalue weighted by molar-refractivity contribution is 7.92. The molecule has 0 aliphatic heterocycles. The molecule has 4 nitrogen and oxygen atoms in total. The molecule has 0 aromatic heterocycles. The summed E-state index contributed by atoms with van der Waals surface area (Å²) in [5, 5.41) is 0. The molecule has 1 N–H and O–H groups in total. The number of benzene rings is 3. The molecular formula is C20H16FNO3S. The van der Waals surface area contributed by atoms with Gasteiger partial charge in [-0.15, -0.1) is 0 Å². The maximum Gasteiger partial charge on any atom is 0.262 e. The Morgan fingerprint density at radius 3 is 2.19 bits per heavy atom. The van der Waals surface area contributed by atoms with Gasteiger partial charge in [-0.05, 0) is 23.8 Å². The van der Waals surface area contributed by atoms with Gasteiger partial charge in [0.15, 0.2) is 5.78 Å². The van der Waals surface area contributed by atoms with Crippen LogP contribution in [0.25, 0.3) is 0 Å². The standard InChI is InChI=1S/C20H16FNO3S/c21-17-11-5-6-12-18(17)22-26(24,25)20-13-7-4-10-16(20)14-19(23)15-8-2-1-3-9-15/h1-13,22H,14H2. The van der Waals surface area contributed by atoms with Crippen LogP contribution in [0.15, 0.2) is 83.8 Å². The van der Waals surface area contributed by atoms with Gasteiger partial charge in [0.25, 0.3) is 10.0 Å². The van der Waals surface area contributed by atoms with Crippen molar-refractivity contribution in [1.29, 1.82) is 0 Å². The minimum Gasteiger partial charge on any atom is -0.294 e. The molecule has 0 heterocycles. The molecule has 0 aliphatic rings. The lowest BCUT2D eigenvalue weighted by Crippen LogP contribution is -2.17. The topological polar surface area (TPSA) is 63.2 Å². The van der Waals surface area contributed by atoms with Crippen molar-refractivity contribution in [3.05, 3.63) is 95.8 Å². The molecule has 132 valence electrons. The van der Waals surface area contributed by atoms with Gasteiger partial charge in [0.1, 0.15) is 5.82 Å². The van der Waals surface area contributed by atoms with Crippen LogP contribution >= 0.6 is 0 Å². The van der Waals surface area contributed by atoms with Gasteiger partial charge < -0.3 is 0 Å². The molecule has 0 bridgehead atoms. The fourth-order valence-corrected chi connectivity index (χ4v) is 3.86. The summed E-state index contributed by atoms with van der Waals surface area (Å²) in [5.74, 6) is -0.868. The number of nitrogens with one attached hydrogen (secondary N) is 1. The van der Waals surface area contributed by atoms with E-state index in [-0.39, 0.29) is 22.8 Å². The van der Waals surface area contributed by atoms with Crippen LogP contribution in [-0.2, 0) is 16.4 Å². The summed E-state index contributed by atoms with van der Waals surface area (Å²) in [5.41, 5.74) is 0.712. The van der Waals surface area contributed by atoms with Gasteiger partial charge in [-0.2, -0.15) is 0 Å². The van der Waals surface area contributed by atoms with Crippen LogP contribution in [0.3, 0.4) is 0 Å². The minimum atomic E-state index is -4.04. The van der Waals surface area contributed by atoms with Crippen molar-refractivity contribution >= 4 is 21.5 Å². The quantitative estimate of drug-likeness (QED) is 0.667. The molecule has 0 atom stereocenters. The number of rotatable bonds is 6. The van der Waals surface area contributed by atoms with E-state index in [1.54, 1.807) is 48.5 Å². The van der Waals surface area contributed by atoms with Gasteiger partial charge in [0, 0.05) is 12.0 Å². The van der Waals surface area contributed by atoms with E-state index in [0.717, 1.165) is 0 Å². The molecule has 3 rings (SSSR count). The molecule has 0 aliphatic carbocycles. The second-order valence-corrected chi connectivity index (χ2v) is 7.31. The van der Waals surface area contributed by atoms with Crippen molar-refractivity contribution < 1.29 is 17.6 Å². The largest absolute Gasteiger partial charge is 0.294 e. The zero-order chi connectivity index (χ0) is 18.6. The summed E-state index contributed by atoms with van der Waals surface area (Å²) in [6.07, 6.45) is -0.0711. The third-order valence-electron chi connectivity index (χ3n) is 3.83. The van der Waals surface area contributed by atoms with Crippen molar-refractivity contribution in [1.82, 2.24) is 0 Å². The third kappa shape index (κ3) is 3.97. The molecule has 0 saturated carbocycles. The Balaban J connectivity index is 1.91. The Hall–Kier alpha value is -2.99. The van der Waals surface area contributed by atoms with E-state index in [1.165, 1.54) is 30.3 Å². The summed E-state index contributed by atoms with van der Waals surface area (Å²) in [7, 11) is -4.04. The minimum absolute atomic E-state index is 0.0486. The molecule has 3 aromatic carbocycles. The summed E-state index contributed by atoms with van der Waals surface area (Å²) in [6, 6.07) is 20.4. The van der Waals surface area contributed by atoms with Crippen LogP contribution in [0.5, 0.6) is 0 Å². The smallest absolute Gasteiger partial charge is 0.262 e. The predicted octanol–water partition coefficient (Wildman–Crippen LogP) is 4.05. The summed E-state index contributed by atoms with van der Waals surface area (Å²) >= 11 is 0. The highest BCUT2D eigenvalue weighted by atomic mass is 32.2. The molecule has 0 amide bonds. The zero-order valence-corrected chi connectivity index (χ0v) is 14.5.